The van der Waals surface area contributed by atoms with Crippen molar-refractivity contribution < 1.29 is 9.90 Å². The topological polar surface area (TPSA) is 49.3 Å². The standard InChI is InChI=1S/C15H21NO2S/c17-14-9-5-4-8-13(14)16-15(18)10-11-19-12-6-2-1-3-7-12/h1-3,6-7,13-14,17H,4-5,8-11H2,(H,16,18)/t13-,14-/m1/s1. The third kappa shape index (κ3) is 4.88. The van der Waals surface area contributed by atoms with Crippen LogP contribution in [0.15, 0.2) is 35.2 Å². The highest BCUT2D eigenvalue weighted by molar-refractivity contribution is 7.99. The number of thioether (sulfide) groups is 1. The molecule has 104 valence electrons. The van der Waals surface area contributed by atoms with Crippen LogP contribution in [0.25, 0.3) is 0 Å². The Morgan fingerprint density at radius 3 is 2.74 bits per heavy atom. The van der Waals surface area contributed by atoms with Gasteiger partial charge in [0, 0.05) is 17.1 Å². The largest absolute Gasteiger partial charge is 0.391 e. The van der Waals surface area contributed by atoms with Crippen LogP contribution in [-0.4, -0.2) is 28.9 Å². The number of benzene rings is 1. The lowest BCUT2D eigenvalue weighted by atomic mass is 9.92. The molecule has 0 saturated heterocycles. The highest BCUT2D eigenvalue weighted by Crippen LogP contribution is 2.20. The maximum absolute atomic E-state index is 11.8. The zero-order valence-corrected chi connectivity index (χ0v) is 11.9. The average Bonchev–Trinajstić information content (AvgIpc) is 2.43. The summed E-state index contributed by atoms with van der Waals surface area (Å²) in [7, 11) is 0. The lowest BCUT2D eigenvalue weighted by Crippen LogP contribution is -2.45. The Labute approximate surface area is 118 Å². The van der Waals surface area contributed by atoms with E-state index in [4.69, 9.17) is 0 Å². The number of aliphatic hydroxyl groups is 1. The molecular weight excluding hydrogens is 258 g/mol. The van der Waals surface area contributed by atoms with Crippen LogP contribution in [0.5, 0.6) is 0 Å². The number of amides is 1. The van der Waals surface area contributed by atoms with Gasteiger partial charge in [0.05, 0.1) is 12.1 Å². The Hall–Kier alpha value is -1.00. The Morgan fingerprint density at radius 2 is 2.00 bits per heavy atom. The molecule has 1 fully saturated rings. The Kier molecular flexibility index (Phi) is 5.73. The molecule has 0 unspecified atom stereocenters. The molecular formula is C15H21NO2S. The van der Waals surface area contributed by atoms with Gasteiger partial charge in [-0.1, -0.05) is 31.0 Å². The predicted molar refractivity (Wildman–Crippen MR) is 78.2 cm³/mol. The summed E-state index contributed by atoms with van der Waals surface area (Å²) in [5.74, 6) is 0.827. The lowest BCUT2D eigenvalue weighted by molar-refractivity contribution is -0.122. The van der Waals surface area contributed by atoms with Crippen LogP contribution < -0.4 is 5.32 Å². The number of hydrogen-bond acceptors (Lipinski definition) is 3. The van der Waals surface area contributed by atoms with Crippen molar-refractivity contribution >= 4 is 17.7 Å². The van der Waals surface area contributed by atoms with E-state index in [1.165, 1.54) is 4.90 Å². The van der Waals surface area contributed by atoms with Crippen LogP contribution in [0.1, 0.15) is 32.1 Å². The van der Waals surface area contributed by atoms with E-state index in [0.29, 0.717) is 6.42 Å². The molecule has 0 heterocycles. The maximum Gasteiger partial charge on any atom is 0.221 e. The van der Waals surface area contributed by atoms with Gasteiger partial charge in [-0.2, -0.15) is 0 Å². The second-order valence-electron chi connectivity index (χ2n) is 4.94. The third-order valence-corrected chi connectivity index (χ3v) is 4.43. The summed E-state index contributed by atoms with van der Waals surface area (Å²) in [5.41, 5.74) is 0. The van der Waals surface area contributed by atoms with Crippen molar-refractivity contribution in [1.82, 2.24) is 5.32 Å². The van der Waals surface area contributed by atoms with Crippen LogP contribution >= 0.6 is 11.8 Å². The van der Waals surface area contributed by atoms with E-state index in [2.05, 4.69) is 5.32 Å². The summed E-state index contributed by atoms with van der Waals surface area (Å²) in [5, 5.41) is 12.8. The first-order chi connectivity index (χ1) is 9.25. The van der Waals surface area contributed by atoms with E-state index in [0.717, 1.165) is 31.4 Å². The van der Waals surface area contributed by atoms with Gasteiger partial charge in [-0.3, -0.25) is 4.79 Å². The molecule has 2 rings (SSSR count). The van der Waals surface area contributed by atoms with E-state index in [-0.39, 0.29) is 18.1 Å². The zero-order valence-electron chi connectivity index (χ0n) is 11.0. The predicted octanol–water partition coefficient (Wildman–Crippen LogP) is 2.59. The Balaban J connectivity index is 1.67. The minimum Gasteiger partial charge on any atom is -0.391 e. The molecule has 4 heteroatoms. The molecule has 19 heavy (non-hydrogen) atoms. The maximum atomic E-state index is 11.8. The second-order valence-corrected chi connectivity index (χ2v) is 6.11. The molecule has 0 spiro atoms. The van der Waals surface area contributed by atoms with Crippen LogP contribution in [0, 0.1) is 0 Å². The molecule has 0 bridgehead atoms. The molecule has 1 amide bonds. The molecule has 3 nitrogen and oxygen atoms in total. The number of aliphatic hydroxyl groups excluding tert-OH is 1. The highest BCUT2D eigenvalue weighted by atomic mass is 32.2. The van der Waals surface area contributed by atoms with Crippen LogP contribution in [0.2, 0.25) is 0 Å². The molecule has 1 aromatic carbocycles. The SMILES string of the molecule is O=C(CCSc1ccccc1)N[C@@H]1CCCC[C@H]1O. The number of hydrogen-bond donors (Lipinski definition) is 2. The van der Waals surface area contributed by atoms with E-state index >= 15 is 0 Å². The smallest absolute Gasteiger partial charge is 0.221 e. The molecule has 2 atom stereocenters. The summed E-state index contributed by atoms with van der Waals surface area (Å²) in [4.78, 5) is 13.0. The van der Waals surface area contributed by atoms with Crippen molar-refractivity contribution in [3.63, 3.8) is 0 Å². The fraction of sp³-hybridized carbons (Fsp3) is 0.533. The van der Waals surface area contributed by atoms with Crippen molar-refractivity contribution in [3.8, 4) is 0 Å². The quantitative estimate of drug-likeness (QED) is 0.815. The molecule has 2 N–H and O–H groups in total. The van der Waals surface area contributed by atoms with Crippen molar-refractivity contribution in [2.24, 2.45) is 0 Å². The minimum absolute atomic E-state index is 0.0389. The van der Waals surface area contributed by atoms with Crippen LogP contribution in [-0.2, 0) is 4.79 Å². The van der Waals surface area contributed by atoms with Gasteiger partial charge in [0.15, 0.2) is 0 Å². The summed E-state index contributed by atoms with van der Waals surface area (Å²) >= 11 is 1.69. The van der Waals surface area contributed by atoms with Crippen molar-refractivity contribution in [2.75, 3.05) is 5.75 Å². The van der Waals surface area contributed by atoms with Crippen molar-refractivity contribution in [1.29, 1.82) is 0 Å². The van der Waals surface area contributed by atoms with Gasteiger partial charge in [0.2, 0.25) is 5.91 Å². The minimum atomic E-state index is -0.362. The van der Waals surface area contributed by atoms with Gasteiger partial charge in [0.25, 0.3) is 0 Å². The van der Waals surface area contributed by atoms with Crippen molar-refractivity contribution in [2.45, 2.75) is 49.1 Å². The summed E-state index contributed by atoms with van der Waals surface area (Å²) in [6.45, 7) is 0. The van der Waals surface area contributed by atoms with E-state index in [1.807, 2.05) is 30.3 Å². The zero-order chi connectivity index (χ0) is 13.5. The molecule has 1 saturated carbocycles. The van der Waals surface area contributed by atoms with Crippen LogP contribution in [0.4, 0.5) is 0 Å². The number of rotatable bonds is 5. The summed E-state index contributed by atoms with van der Waals surface area (Å²) in [6, 6.07) is 10.0. The summed E-state index contributed by atoms with van der Waals surface area (Å²) in [6.07, 6.45) is 4.02. The van der Waals surface area contributed by atoms with Gasteiger partial charge in [-0.05, 0) is 25.0 Å². The highest BCUT2D eigenvalue weighted by Gasteiger charge is 2.24. The lowest BCUT2D eigenvalue weighted by Gasteiger charge is -2.28. The normalized spacial score (nSPS) is 23.0. The first-order valence-corrected chi connectivity index (χ1v) is 7.89. The molecule has 1 aliphatic rings. The van der Waals surface area contributed by atoms with Gasteiger partial charge in [0.1, 0.15) is 0 Å². The average molecular weight is 279 g/mol. The number of carbonyl (C=O) groups is 1. The van der Waals surface area contributed by atoms with Gasteiger partial charge >= 0.3 is 0 Å². The van der Waals surface area contributed by atoms with Gasteiger partial charge < -0.3 is 10.4 Å². The fourth-order valence-corrected chi connectivity index (χ4v) is 3.21. The van der Waals surface area contributed by atoms with E-state index < -0.39 is 0 Å². The molecule has 1 aromatic rings. The Morgan fingerprint density at radius 1 is 1.26 bits per heavy atom. The van der Waals surface area contributed by atoms with E-state index in [9.17, 15) is 9.90 Å². The fourth-order valence-electron chi connectivity index (χ4n) is 2.34. The molecule has 0 aromatic heterocycles. The first kappa shape index (κ1) is 14.4. The molecule has 1 aliphatic carbocycles. The molecule has 0 aliphatic heterocycles. The third-order valence-electron chi connectivity index (χ3n) is 3.42. The molecule has 0 radical (unpaired) electrons. The van der Waals surface area contributed by atoms with Gasteiger partial charge in [-0.25, -0.2) is 0 Å². The van der Waals surface area contributed by atoms with E-state index in [1.54, 1.807) is 11.8 Å². The van der Waals surface area contributed by atoms with Crippen LogP contribution in [0.3, 0.4) is 0 Å². The van der Waals surface area contributed by atoms with Gasteiger partial charge in [-0.15, -0.1) is 11.8 Å². The summed E-state index contributed by atoms with van der Waals surface area (Å²) < 4.78 is 0. The number of carbonyl (C=O) groups excluding carboxylic acids is 1. The Bertz CT molecular complexity index is 396. The second kappa shape index (κ2) is 7.56. The van der Waals surface area contributed by atoms with Crippen molar-refractivity contribution in [3.05, 3.63) is 30.3 Å². The number of nitrogens with one attached hydrogen (secondary N) is 1. The monoisotopic (exact) mass is 279 g/mol. The first-order valence-electron chi connectivity index (χ1n) is 6.91.